The van der Waals surface area contributed by atoms with Crippen molar-refractivity contribution < 1.29 is 12.8 Å². The Balaban J connectivity index is 2.50. The number of sulfonamides is 1. The number of rotatable bonds is 3. The van der Waals surface area contributed by atoms with Gasteiger partial charge in [0, 0.05) is 17.6 Å². The average molecular weight is 335 g/mol. The fourth-order valence-electron chi connectivity index (χ4n) is 2.77. The summed E-state index contributed by atoms with van der Waals surface area (Å²) in [6.07, 6.45) is 4.27. The normalized spacial score (nSPS) is 21.2. The van der Waals surface area contributed by atoms with Crippen molar-refractivity contribution in [2.45, 2.75) is 50.0 Å². The number of nitrogen functional groups attached to an aromatic ring is 1. The molecule has 1 saturated heterocycles. The summed E-state index contributed by atoms with van der Waals surface area (Å²) in [6, 6.07) is 2.26. The minimum absolute atomic E-state index is 0.0999. The smallest absolute Gasteiger partial charge is 0.246 e. The molecule has 0 aromatic heterocycles. The van der Waals surface area contributed by atoms with Gasteiger partial charge >= 0.3 is 0 Å². The van der Waals surface area contributed by atoms with Crippen LogP contribution in [0.3, 0.4) is 0 Å². The zero-order chi connectivity index (χ0) is 15.6. The van der Waals surface area contributed by atoms with Crippen LogP contribution in [0.5, 0.6) is 0 Å². The van der Waals surface area contributed by atoms with Gasteiger partial charge in [-0.1, -0.05) is 31.4 Å². The average Bonchev–Trinajstić information content (AvgIpc) is 2.68. The fourth-order valence-corrected chi connectivity index (χ4v) is 4.95. The molecule has 118 valence electrons. The maximum atomic E-state index is 14.2. The molecule has 1 aromatic rings. The summed E-state index contributed by atoms with van der Waals surface area (Å²) < 4.78 is 41.2. The fraction of sp³-hybridized carbons (Fsp3) is 0.571. The van der Waals surface area contributed by atoms with Crippen LogP contribution in [0, 0.1) is 5.82 Å². The lowest BCUT2D eigenvalue weighted by atomic mass is 10.1. The minimum atomic E-state index is -3.93. The van der Waals surface area contributed by atoms with Gasteiger partial charge < -0.3 is 5.73 Å². The molecule has 2 rings (SSSR count). The molecule has 0 saturated carbocycles. The van der Waals surface area contributed by atoms with Crippen molar-refractivity contribution in [1.82, 2.24) is 4.31 Å². The van der Waals surface area contributed by atoms with Gasteiger partial charge in [-0.15, -0.1) is 0 Å². The van der Waals surface area contributed by atoms with Crippen LogP contribution >= 0.6 is 11.6 Å². The highest BCUT2D eigenvalue weighted by atomic mass is 35.5. The summed E-state index contributed by atoms with van der Waals surface area (Å²) in [5.41, 5.74) is 5.26. The van der Waals surface area contributed by atoms with Gasteiger partial charge in [0.15, 0.2) is 5.82 Å². The second-order valence-corrected chi connectivity index (χ2v) is 7.63. The van der Waals surface area contributed by atoms with Gasteiger partial charge in [0.25, 0.3) is 0 Å². The van der Waals surface area contributed by atoms with E-state index in [1.165, 1.54) is 10.4 Å². The molecule has 0 aliphatic carbocycles. The first-order chi connectivity index (χ1) is 9.87. The summed E-state index contributed by atoms with van der Waals surface area (Å²) in [4.78, 5) is -0.423. The largest absolute Gasteiger partial charge is 0.396 e. The van der Waals surface area contributed by atoms with E-state index in [2.05, 4.69) is 0 Å². The third-order valence-corrected chi connectivity index (χ3v) is 6.08. The van der Waals surface area contributed by atoms with Gasteiger partial charge in [0.05, 0.1) is 5.69 Å². The molecular weight excluding hydrogens is 315 g/mol. The Kier molecular flexibility index (Phi) is 5.11. The number of nitrogens with zero attached hydrogens (tertiary/aromatic N) is 1. The van der Waals surface area contributed by atoms with E-state index in [9.17, 15) is 12.8 Å². The molecule has 0 amide bonds. The molecule has 1 aromatic carbocycles. The Morgan fingerprint density at radius 2 is 2.10 bits per heavy atom. The topological polar surface area (TPSA) is 63.4 Å². The van der Waals surface area contributed by atoms with Crippen LogP contribution in [0.4, 0.5) is 10.1 Å². The van der Waals surface area contributed by atoms with Crippen molar-refractivity contribution >= 4 is 27.3 Å². The van der Waals surface area contributed by atoms with E-state index in [-0.39, 0.29) is 16.8 Å². The highest BCUT2D eigenvalue weighted by molar-refractivity contribution is 7.89. The third kappa shape index (κ3) is 3.33. The van der Waals surface area contributed by atoms with Gasteiger partial charge in [-0.3, -0.25) is 0 Å². The number of hydrogen-bond donors (Lipinski definition) is 1. The molecule has 21 heavy (non-hydrogen) atoms. The van der Waals surface area contributed by atoms with Crippen LogP contribution in [0.1, 0.15) is 39.0 Å². The van der Waals surface area contributed by atoms with Crippen LogP contribution in [0.25, 0.3) is 0 Å². The van der Waals surface area contributed by atoms with E-state index in [0.29, 0.717) is 13.0 Å². The predicted octanol–water partition coefficient (Wildman–Crippen LogP) is 3.40. The number of benzene rings is 1. The minimum Gasteiger partial charge on any atom is -0.396 e. The van der Waals surface area contributed by atoms with E-state index in [4.69, 9.17) is 17.3 Å². The van der Waals surface area contributed by atoms with Crippen molar-refractivity contribution in [2.24, 2.45) is 0 Å². The van der Waals surface area contributed by atoms with Gasteiger partial charge in [-0.2, -0.15) is 4.31 Å². The molecule has 0 spiro atoms. The lowest BCUT2D eigenvalue weighted by Crippen LogP contribution is -2.40. The van der Waals surface area contributed by atoms with E-state index in [1.54, 1.807) is 0 Å². The highest BCUT2D eigenvalue weighted by Gasteiger charge is 2.34. The summed E-state index contributed by atoms with van der Waals surface area (Å²) in [5.74, 6) is -0.918. The van der Waals surface area contributed by atoms with Gasteiger partial charge in [0.1, 0.15) is 4.90 Å². The van der Waals surface area contributed by atoms with Gasteiger partial charge in [0.2, 0.25) is 10.0 Å². The standard InChI is InChI=1S/C14H20ClFN2O2S/c1-2-11-6-4-3-5-7-18(11)21(19,20)13-9-10(15)8-12(17)14(13)16/h8-9,11H,2-7,17H2,1H3. The molecule has 7 heteroatoms. The molecule has 1 heterocycles. The zero-order valence-electron chi connectivity index (χ0n) is 12.0. The molecule has 0 radical (unpaired) electrons. The van der Waals surface area contributed by atoms with Crippen LogP contribution in [0.2, 0.25) is 5.02 Å². The van der Waals surface area contributed by atoms with E-state index in [0.717, 1.165) is 31.7 Å². The van der Waals surface area contributed by atoms with Crippen molar-refractivity contribution in [1.29, 1.82) is 0 Å². The monoisotopic (exact) mass is 334 g/mol. The highest BCUT2D eigenvalue weighted by Crippen LogP contribution is 2.31. The van der Waals surface area contributed by atoms with Crippen LogP contribution in [-0.2, 0) is 10.0 Å². The maximum absolute atomic E-state index is 14.2. The second-order valence-electron chi connectivity index (χ2n) is 5.33. The first-order valence-corrected chi connectivity index (χ1v) is 8.96. The second kappa shape index (κ2) is 6.50. The van der Waals surface area contributed by atoms with Gasteiger partial charge in [-0.25, -0.2) is 12.8 Å². The number of hydrogen-bond acceptors (Lipinski definition) is 3. The molecule has 2 N–H and O–H groups in total. The third-order valence-electron chi connectivity index (χ3n) is 3.91. The summed E-state index contributed by atoms with van der Waals surface area (Å²) >= 11 is 5.84. The Hall–Kier alpha value is -0.850. The molecule has 4 nitrogen and oxygen atoms in total. The van der Waals surface area contributed by atoms with E-state index >= 15 is 0 Å². The predicted molar refractivity (Wildman–Crippen MR) is 82.3 cm³/mol. The zero-order valence-corrected chi connectivity index (χ0v) is 13.6. The Morgan fingerprint density at radius 1 is 1.38 bits per heavy atom. The lowest BCUT2D eigenvalue weighted by Gasteiger charge is -2.28. The SMILES string of the molecule is CCC1CCCCCN1S(=O)(=O)c1cc(Cl)cc(N)c1F. The lowest BCUT2D eigenvalue weighted by molar-refractivity contribution is 0.314. The van der Waals surface area contributed by atoms with E-state index in [1.807, 2.05) is 6.92 Å². The van der Waals surface area contributed by atoms with Crippen LogP contribution in [-0.4, -0.2) is 25.3 Å². The molecule has 1 aliphatic heterocycles. The molecule has 1 fully saturated rings. The molecular formula is C14H20ClFN2O2S. The molecule has 1 atom stereocenters. The van der Waals surface area contributed by atoms with Crippen molar-refractivity contribution in [2.75, 3.05) is 12.3 Å². The van der Waals surface area contributed by atoms with Crippen molar-refractivity contribution in [3.8, 4) is 0 Å². The first-order valence-electron chi connectivity index (χ1n) is 7.14. The summed E-state index contributed by atoms with van der Waals surface area (Å²) in [6.45, 7) is 2.36. The van der Waals surface area contributed by atoms with E-state index < -0.39 is 20.7 Å². The number of nitrogens with two attached hydrogens (primary N) is 1. The maximum Gasteiger partial charge on any atom is 0.246 e. The Labute approximate surface area is 130 Å². The van der Waals surface area contributed by atoms with Crippen molar-refractivity contribution in [3.63, 3.8) is 0 Å². The van der Waals surface area contributed by atoms with Crippen LogP contribution in [0.15, 0.2) is 17.0 Å². The first kappa shape index (κ1) is 16.5. The molecule has 1 unspecified atom stereocenters. The Bertz CT molecular complexity index is 622. The van der Waals surface area contributed by atoms with Gasteiger partial charge in [-0.05, 0) is 31.4 Å². The molecule has 0 bridgehead atoms. The number of anilines is 1. The quantitative estimate of drug-likeness (QED) is 0.862. The summed E-state index contributed by atoms with van der Waals surface area (Å²) in [5, 5.41) is 0.121. The summed E-state index contributed by atoms with van der Waals surface area (Å²) in [7, 11) is -3.93. The van der Waals surface area contributed by atoms with Crippen molar-refractivity contribution in [3.05, 3.63) is 23.0 Å². The molecule has 1 aliphatic rings. The Morgan fingerprint density at radius 3 is 2.76 bits per heavy atom. The van der Waals surface area contributed by atoms with Crippen LogP contribution < -0.4 is 5.73 Å². The number of halogens is 2.